The lowest BCUT2D eigenvalue weighted by atomic mass is 10.0. The first-order chi connectivity index (χ1) is 34.2. The molecule has 0 aliphatic carbocycles. The minimum atomic E-state index is -4.75. The van der Waals surface area contributed by atoms with E-state index in [1.165, 1.54) is 96.3 Å². The summed E-state index contributed by atoms with van der Waals surface area (Å²) in [7, 11) is -4.75. The van der Waals surface area contributed by atoms with Gasteiger partial charge in [0, 0.05) is 19.3 Å². The van der Waals surface area contributed by atoms with Crippen molar-refractivity contribution in [3.8, 4) is 0 Å². The van der Waals surface area contributed by atoms with Crippen LogP contribution in [0.1, 0.15) is 265 Å². The van der Waals surface area contributed by atoms with Crippen LogP contribution in [0.4, 0.5) is 0 Å². The molecule has 408 valence electrons. The van der Waals surface area contributed by atoms with Gasteiger partial charge < -0.3 is 24.2 Å². The molecule has 11 nitrogen and oxygen atoms in total. The number of carbonyl (C=O) groups is 3. The molecule has 0 amide bonds. The van der Waals surface area contributed by atoms with Crippen molar-refractivity contribution in [1.82, 2.24) is 0 Å². The number of aliphatic hydroxyl groups excluding tert-OH is 1. The standard InChI is InChI=1S/C58H105O11P/c1-4-7-10-13-16-19-22-24-26-27-29-30-33-35-38-41-44-47-56(60)65-51-55(69-58(62)49-46-43-40-37-34-31-28-25-23-20-17-14-11-8-5-2)53-67-70(63,64)66-52-54(50-59)68-57(61)48-45-42-39-36-32-21-18-15-12-9-6-3/h8,11,15,17-18,20,25,28,54-55,59H,4-7,9-10,12-14,16,19,21-24,26-27,29-53H2,1-3H3,(H,63,64)/b11-8-,18-15-,20-17-,28-25-. The van der Waals surface area contributed by atoms with E-state index >= 15 is 0 Å². The van der Waals surface area contributed by atoms with Crippen LogP contribution in [0.25, 0.3) is 0 Å². The fraction of sp³-hybridized carbons (Fsp3) is 0.810. The number of carbonyl (C=O) groups excluding carboxylic acids is 3. The fourth-order valence-electron chi connectivity index (χ4n) is 7.88. The Kier molecular flexibility index (Phi) is 50.8. The van der Waals surface area contributed by atoms with Crippen LogP contribution in [-0.4, -0.2) is 66.5 Å². The number of ether oxygens (including phenoxy) is 3. The summed E-state index contributed by atoms with van der Waals surface area (Å²) in [6.07, 6.45) is 55.0. The highest BCUT2D eigenvalue weighted by Crippen LogP contribution is 2.43. The second kappa shape index (κ2) is 52.8. The molecule has 0 fully saturated rings. The lowest BCUT2D eigenvalue weighted by Crippen LogP contribution is -2.30. The molecule has 0 saturated carbocycles. The molecule has 70 heavy (non-hydrogen) atoms. The lowest BCUT2D eigenvalue weighted by molar-refractivity contribution is -0.161. The highest BCUT2D eigenvalue weighted by molar-refractivity contribution is 7.47. The van der Waals surface area contributed by atoms with Gasteiger partial charge in [-0.3, -0.25) is 23.4 Å². The molecule has 0 heterocycles. The van der Waals surface area contributed by atoms with Gasteiger partial charge in [-0.1, -0.05) is 223 Å². The van der Waals surface area contributed by atoms with Gasteiger partial charge in [-0.15, -0.1) is 0 Å². The van der Waals surface area contributed by atoms with E-state index in [-0.39, 0.29) is 25.9 Å². The van der Waals surface area contributed by atoms with Crippen molar-refractivity contribution in [1.29, 1.82) is 0 Å². The smallest absolute Gasteiger partial charge is 0.462 e. The van der Waals surface area contributed by atoms with Gasteiger partial charge >= 0.3 is 25.7 Å². The molecular weight excluding hydrogens is 904 g/mol. The number of unbranched alkanes of at least 4 members (excludes halogenated alkanes) is 28. The third-order valence-corrected chi connectivity index (χ3v) is 13.2. The number of phosphoric ester groups is 1. The van der Waals surface area contributed by atoms with Crippen LogP contribution < -0.4 is 0 Å². The predicted octanol–water partition coefficient (Wildman–Crippen LogP) is 16.6. The molecule has 0 aliphatic heterocycles. The highest BCUT2D eigenvalue weighted by atomic mass is 31.2. The Morgan fingerprint density at radius 3 is 1.20 bits per heavy atom. The van der Waals surface area contributed by atoms with Crippen molar-refractivity contribution in [3.05, 3.63) is 48.6 Å². The summed E-state index contributed by atoms with van der Waals surface area (Å²) in [6.45, 7) is 4.49. The molecule has 0 aromatic carbocycles. The van der Waals surface area contributed by atoms with Gasteiger partial charge in [0.05, 0.1) is 19.8 Å². The maximum Gasteiger partial charge on any atom is 0.472 e. The first kappa shape index (κ1) is 67.4. The first-order valence-corrected chi connectivity index (χ1v) is 30.0. The monoisotopic (exact) mass is 1010 g/mol. The average Bonchev–Trinajstić information content (AvgIpc) is 3.35. The largest absolute Gasteiger partial charge is 0.472 e. The summed E-state index contributed by atoms with van der Waals surface area (Å²) in [4.78, 5) is 48.4. The van der Waals surface area contributed by atoms with Gasteiger partial charge in [-0.25, -0.2) is 4.57 Å². The van der Waals surface area contributed by atoms with Crippen LogP contribution in [0.2, 0.25) is 0 Å². The van der Waals surface area contributed by atoms with Crippen molar-refractivity contribution in [2.75, 3.05) is 26.4 Å². The summed E-state index contributed by atoms with van der Waals surface area (Å²) in [5.41, 5.74) is 0. The second-order valence-electron chi connectivity index (χ2n) is 19.1. The zero-order valence-electron chi connectivity index (χ0n) is 45.0. The Morgan fingerprint density at radius 2 is 0.757 bits per heavy atom. The van der Waals surface area contributed by atoms with Gasteiger partial charge in [0.15, 0.2) is 6.10 Å². The second-order valence-corrected chi connectivity index (χ2v) is 20.5. The van der Waals surface area contributed by atoms with Crippen LogP contribution in [-0.2, 0) is 42.2 Å². The van der Waals surface area contributed by atoms with Gasteiger partial charge in [0.1, 0.15) is 12.7 Å². The number of phosphoric acid groups is 1. The van der Waals surface area contributed by atoms with E-state index in [2.05, 4.69) is 69.4 Å². The molecule has 0 aromatic rings. The van der Waals surface area contributed by atoms with Crippen molar-refractivity contribution in [2.45, 2.75) is 277 Å². The van der Waals surface area contributed by atoms with Crippen LogP contribution in [0.5, 0.6) is 0 Å². The number of rotatable bonds is 53. The van der Waals surface area contributed by atoms with E-state index in [9.17, 15) is 28.9 Å². The fourth-order valence-corrected chi connectivity index (χ4v) is 8.67. The molecule has 0 saturated heterocycles. The molecule has 0 radical (unpaired) electrons. The normalized spacial score (nSPS) is 13.7. The van der Waals surface area contributed by atoms with E-state index in [1.54, 1.807) is 0 Å². The van der Waals surface area contributed by atoms with Crippen molar-refractivity contribution < 1.29 is 52.2 Å². The molecule has 0 rings (SSSR count). The Hall–Kier alpha value is -2.56. The molecule has 0 spiro atoms. The van der Waals surface area contributed by atoms with Gasteiger partial charge in [0.25, 0.3) is 0 Å². The Labute approximate surface area is 428 Å². The number of allylic oxidation sites excluding steroid dienone is 8. The summed E-state index contributed by atoms with van der Waals surface area (Å²) < 4.78 is 39.5. The number of esters is 3. The molecular formula is C58H105O11P. The maximum atomic E-state index is 12.9. The average molecular weight is 1010 g/mol. The number of hydrogen-bond acceptors (Lipinski definition) is 10. The number of hydrogen-bond donors (Lipinski definition) is 2. The Balaban J connectivity index is 4.72. The van der Waals surface area contributed by atoms with Crippen molar-refractivity contribution >= 4 is 25.7 Å². The zero-order chi connectivity index (χ0) is 51.3. The van der Waals surface area contributed by atoms with E-state index in [0.29, 0.717) is 19.3 Å². The van der Waals surface area contributed by atoms with Crippen LogP contribution in [0.3, 0.4) is 0 Å². The van der Waals surface area contributed by atoms with Gasteiger partial charge in [-0.2, -0.15) is 0 Å². The van der Waals surface area contributed by atoms with E-state index in [4.69, 9.17) is 23.3 Å². The third-order valence-electron chi connectivity index (χ3n) is 12.2. The Morgan fingerprint density at radius 1 is 0.414 bits per heavy atom. The minimum absolute atomic E-state index is 0.150. The SMILES string of the molecule is CC/C=C\C/C=C\C/C=C\CCCCCCCC(=O)OC(COC(=O)CCCCCCCCCCCCCCCCCCC)COP(=O)(O)OCC(CO)OC(=O)CCCCCCC/C=C\CCCC. The maximum absolute atomic E-state index is 12.9. The lowest BCUT2D eigenvalue weighted by Gasteiger charge is -2.21. The zero-order valence-corrected chi connectivity index (χ0v) is 45.9. The molecule has 3 atom stereocenters. The third kappa shape index (κ3) is 50.4. The first-order valence-electron chi connectivity index (χ1n) is 28.5. The van der Waals surface area contributed by atoms with Crippen molar-refractivity contribution in [3.63, 3.8) is 0 Å². The van der Waals surface area contributed by atoms with Crippen LogP contribution >= 0.6 is 7.82 Å². The minimum Gasteiger partial charge on any atom is -0.462 e. The summed E-state index contributed by atoms with van der Waals surface area (Å²) in [5, 5.41) is 9.78. The topological polar surface area (TPSA) is 155 Å². The molecule has 3 unspecified atom stereocenters. The van der Waals surface area contributed by atoms with Gasteiger partial charge in [0.2, 0.25) is 0 Å². The van der Waals surface area contributed by atoms with Crippen molar-refractivity contribution in [2.24, 2.45) is 0 Å². The van der Waals surface area contributed by atoms with E-state index in [0.717, 1.165) is 109 Å². The van der Waals surface area contributed by atoms with Crippen LogP contribution in [0.15, 0.2) is 48.6 Å². The molecule has 0 bridgehead atoms. The van der Waals surface area contributed by atoms with E-state index < -0.39 is 57.8 Å². The summed E-state index contributed by atoms with van der Waals surface area (Å²) in [5.74, 6) is -1.48. The summed E-state index contributed by atoms with van der Waals surface area (Å²) in [6, 6.07) is 0. The summed E-state index contributed by atoms with van der Waals surface area (Å²) >= 11 is 0. The molecule has 0 aliphatic rings. The predicted molar refractivity (Wildman–Crippen MR) is 289 cm³/mol. The number of aliphatic hydroxyl groups is 1. The van der Waals surface area contributed by atoms with Crippen LogP contribution in [0, 0.1) is 0 Å². The molecule has 0 aromatic heterocycles. The quantitative estimate of drug-likeness (QED) is 0.0197. The molecule has 12 heteroatoms. The molecule has 2 N–H and O–H groups in total. The van der Waals surface area contributed by atoms with E-state index in [1.807, 2.05) is 0 Å². The Bertz CT molecular complexity index is 1360. The van der Waals surface area contributed by atoms with Gasteiger partial charge in [-0.05, 0) is 70.6 Å². The highest BCUT2D eigenvalue weighted by Gasteiger charge is 2.28.